The molecule has 0 unspecified atom stereocenters. The predicted molar refractivity (Wildman–Crippen MR) is 95.6 cm³/mol. The first kappa shape index (κ1) is 17.4. The van der Waals surface area contributed by atoms with Gasteiger partial charge in [-0.05, 0) is 30.3 Å². The van der Waals surface area contributed by atoms with E-state index >= 15 is 0 Å². The zero-order valence-corrected chi connectivity index (χ0v) is 14.4. The molecule has 0 spiro atoms. The molecule has 0 radical (unpaired) electrons. The topological polar surface area (TPSA) is 74.6 Å². The number of ketones is 2. The van der Waals surface area contributed by atoms with Crippen LogP contribution in [0.15, 0.2) is 54.7 Å². The molecule has 26 heavy (non-hydrogen) atoms. The highest BCUT2D eigenvalue weighted by Crippen LogP contribution is 2.23. The Labute approximate surface area is 149 Å². The number of fused-ring (bicyclic) bond motifs is 1. The Kier molecular flexibility index (Phi) is 4.84. The molecule has 6 heteroatoms. The predicted octanol–water partition coefficient (Wildman–Crippen LogP) is 2.89. The second-order valence-corrected chi connectivity index (χ2v) is 5.65. The third-order valence-electron chi connectivity index (χ3n) is 4.12. The lowest BCUT2D eigenvalue weighted by atomic mass is 10.0. The van der Waals surface area contributed by atoms with Crippen LogP contribution in [0.3, 0.4) is 0 Å². The van der Waals surface area contributed by atoms with Crippen molar-refractivity contribution in [3.05, 3.63) is 65.9 Å². The Balaban J connectivity index is 1.99. The van der Waals surface area contributed by atoms with Gasteiger partial charge in [0.25, 0.3) is 0 Å². The number of carbonyl (C=O) groups excluding carboxylic acids is 3. The third kappa shape index (κ3) is 3.21. The number of esters is 1. The van der Waals surface area contributed by atoms with Crippen molar-refractivity contribution in [2.45, 2.75) is 6.54 Å². The average Bonchev–Trinajstić information content (AvgIpc) is 3.05. The summed E-state index contributed by atoms with van der Waals surface area (Å²) in [6.45, 7) is -0.0407. The van der Waals surface area contributed by atoms with Crippen molar-refractivity contribution in [2.24, 2.45) is 0 Å². The summed E-state index contributed by atoms with van der Waals surface area (Å²) >= 11 is 0. The number of ether oxygens (including phenoxy) is 2. The molecule has 6 nitrogen and oxygen atoms in total. The Morgan fingerprint density at radius 1 is 0.923 bits per heavy atom. The molecule has 0 saturated carbocycles. The van der Waals surface area contributed by atoms with E-state index in [9.17, 15) is 14.4 Å². The van der Waals surface area contributed by atoms with Crippen molar-refractivity contribution >= 4 is 28.4 Å². The number of Topliss-reactive ketones (excluding diaryl/α,β-unsaturated/α-hetero) is 2. The average molecular weight is 351 g/mol. The molecular formula is C20H17NO5. The fraction of sp³-hybridized carbons (Fsp3) is 0.150. The number of aromatic nitrogens is 1. The molecule has 3 aromatic rings. The minimum atomic E-state index is -0.630. The zero-order valence-electron chi connectivity index (χ0n) is 14.4. The van der Waals surface area contributed by atoms with Gasteiger partial charge in [-0.15, -0.1) is 0 Å². The van der Waals surface area contributed by atoms with Crippen molar-refractivity contribution in [1.82, 2.24) is 4.57 Å². The van der Waals surface area contributed by atoms with Gasteiger partial charge in [-0.2, -0.15) is 0 Å². The number of para-hydroxylation sites is 1. The summed E-state index contributed by atoms with van der Waals surface area (Å²) in [7, 11) is 2.82. The Morgan fingerprint density at radius 3 is 2.27 bits per heavy atom. The van der Waals surface area contributed by atoms with Gasteiger partial charge in [-0.1, -0.05) is 18.2 Å². The first-order valence-corrected chi connectivity index (χ1v) is 7.93. The minimum absolute atomic E-state index is 0.0407. The largest absolute Gasteiger partial charge is 0.497 e. The second-order valence-electron chi connectivity index (χ2n) is 5.65. The van der Waals surface area contributed by atoms with Crippen LogP contribution in [0.25, 0.3) is 10.9 Å². The number of carbonyl (C=O) groups is 3. The second kappa shape index (κ2) is 7.23. The molecule has 0 amide bonds. The summed E-state index contributed by atoms with van der Waals surface area (Å²) in [5.41, 5.74) is 1.22. The number of hydrogen-bond acceptors (Lipinski definition) is 5. The van der Waals surface area contributed by atoms with Crippen LogP contribution in [-0.2, 0) is 16.1 Å². The summed E-state index contributed by atoms with van der Waals surface area (Å²) in [6.07, 6.45) is 1.52. The van der Waals surface area contributed by atoms with Gasteiger partial charge in [0.1, 0.15) is 12.3 Å². The normalized spacial score (nSPS) is 10.5. The van der Waals surface area contributed by atoms with Crippen LogP contribution in [-0.4, -0.2) is 36.3 Å². The molecule has 3 rings (SSSR count). The van der Waals surface area contributed by atoms with Gasteiger partial charge in [0.15, 0.2) is 0 Å². The number of rotatable bonds is 6. The van der Waals surface area contributed by atoms with E-state index in [-0.39, 0.29) is 17.7 Å². The van der Waals surface area contributed by atoms with Crippen LogP contribution in [0.4, 0.5) is 0 Å². The molecule has 2 aromatic carbocycles. The quantitative estimate of drug-likeness (QED) is 0.388. The minimum Gasteiger partial charge on any atom is -0.497 e. The first-order valence-electron chi connectivity index (χ1n) is 7.93. The Hall–Kier alpha value is -3.41. The molecule has 0 saturated heterocycles. The molecule has 0 aliphatic heterocycles. The van der Waals surface area contributed by atoms with Crippen molar-refractivity contribution in [2.75, 3.05) is 14.2 Å². The van der Waals surface area contributed by atoms with E-state index < -0.39 is 17.5 Å². The van der Waals surface area contributed by atoms with Gasteiger partial charge in [0.05, 0.1) is 19.8 Å². The summed E-state index contributed by atoms with van der Waals surface area (Å²) < 4.78 is 11.4. The van der Waals surface area contributed by atoms with Crippen LogP contribution in [0.5, 0.6) is 5.75 Å². The van der Waals surface area contributed by atoms with Gasteiger partial charge in [0, 0.05) is 22.7 Å². The number of hydrogen-bond donors (Lipinski definition) is 0. The molecule has 0 bridgehead atoms. The summed E-state index contributed by atoms with van der Waals surface area (Å²) in [4.78, 5) is 37.0. The highest BCUT2D eigenvalue weighted by molar-refractivity contribution is 6.50. The molecule has 0 fully saturated rings. The van der Waals surface area contributed by atoms with Crippen molar-refractivity contribution < 1.29 is 23.9 Å². The SMILES string of the molecule is COC(=O)Cn1cc(C(=O)C(=O)c2ccc(OC)cc2)c2ccccc21. The number of benzene rings is 2. The number of nitrogens with zero attached hydrogens (tertiary/aromatic N) is 1. The van der Waals surface area contributed by atoms with Crippen LogP contribution in [0, 0.1) is 0 Å². The van der Waals surface area contributed by atoms with Crippen molar-refractivity contribution in [1.29, 1.82) is 0 Å². The van der Waals surface area contributed by atoms with Crippen LogP contribution < -0.4 is 4.74 Å². The van der Waals surface area contributed by atoms with Gasteiger partial charge < -0.3 is 14.0 Å². The summed E-state index contributed by atoms with van der Waals surface area (Å²) in [6, 6.07) is 13.5. The van der Waals surface area contributed by atoms with E-state index in [0.29, 0.717) is 16.7 Å². The van der Waals surface area contributed by atoms with Gasteiger partial charge in [0.2, 0.25) is 11.6 Å². The van der Waals surface area contributed by atoms with E-state index in [4.69, 9.17) is 4.74 Å². The third-order valence-corrected chi connectivity index (χ3v) is 4.12. The monoisotopic (exact) mass is 351 g/mol. The van der Waals surface area contributed by atoms with E-state index in [1.165, 1.54) is 20.4 Å². The van der Waals surface area contributed by atoms with Gasteiger partial charge in [-0.3, -0.25) is 14.4 Å². The van der Waals surface area contributed by atoms with E-state index in [1.807, 2.05) is 0 Å². The first-order chi connectivity index (χ1) is 12.5. The van der Waals surface area contributed by atoms with E-state index in [1.54, 1.807) is 53.1 Å². The molecule has 132 valence electrons. The Morgan fingerprint density at radius 2 is 1.62 bits per heavy atom. The molecule has 0 N–H and O–H groups in total. The molecule has 0 atom stereocenters. The molecular weight excluding hydrogens is 334 g/mol. The lowest BCUT2D eigenvalue weighted by molar-refractivity contribution is -0.141. The van der Waals surface area contributed by atoms with Gasteiger partial charge in [-0.25, -0.2) is 0 Å². The smallest absolute Gasteiger partial charge is 0.325 e. The highest BCUT2D eigenvalue weighted by atomic mass is 16.5. The lowest BCUT2D eigenvalue weighted by Gasteiger charge is -2.02. The molecule has 1 heterocycles. The maximum Gasteiger partial charge on any atom is 0.325 e. The summed E-state index contributed by atoms with van der Waals surface area (Å²) in [5, 5.41) is 0.614. The van der Waals surface area contributed by atoms with Crippen molar-refractivity contribution in [3.63, 3.8) is 0 Å². The molecule has 0 aliphatic carbocycles. The maximum atomic E-state index is 12.8. The maximum absolute atomic E-state index is 12.8. The fourth-order valence-electron chi connectivity index (χ4n) is 2.76. The lowest BCUT2D eigenvalue weighted by Crippen LogP contribution is -2.14. The highest BCUT2D eigenvalue weighted by Gasteiger charge is 2.23. The van der Waals surface area contributed by atoms with E-state index in [2.05, 4.69) is 4.74 Å². The fourth-order valence-corrected chi connectivity index (χ4v) is 2.76. The standard InChI is InChI=1S/C20H17NO5/c1-25-14-9-7-13(8-10-14)19(23)20(24)16-11-21(12-18(22)26-2)17-6-4-3-5-15(16)17/h3-11H,12H2,1-2H3. The number of methoxy groups -OCH3 is 2. The van der Waals surface area contributed by atoms with Crippen LogP contribution in [0.2, 0.25) is 0 Å². The van der Waals surface area contributed by atoms with Crippen molar-refractivity contribution in [3.8, 4) is 5.75 Å². The van der Waals surface area contributed by atoms with Crippen LogP contribution >= 0.6 is 0 Å². The Bertz CT molecular complexity index is 985. The zero-order chi connectivity index (χ0) is 18.7. The molecule has 0 aliphatic rings. The van der Waals surface area contributed by atoms with E-state index in [0.717, 1.165) is 0 Å². The molecule has 1 aromatic heterocycles. The summed E-state index contributed by atoms with van der Waals surface area (Å²) in [5.74, 6) is -1.08. The van der Waals surface area contributed by atoms with Gasteiger partial charge >= 0.3 is 5.97 Å². The van der Waals surface area contributed by atoms with Crippen LogP contribution in [0.1, 0.15) is 20.7 Å².